The maximum Gasteiger partial charge on any atom is 0.323 e. The predicted octanol–water partition coefficient (Wildman–Crippen LogP) is -0.832. The number of carboxylic acid groups (broad SMARTS) is 1. The molecule has 0 aliphatic carbocycles. The molecule has 0 amide bonds. The van der Waals surface area contributed by atoms with Gasteiger partial charge in [-0.3, -0.25) is 4.79 Å². The lowest BCUT2D eigenvalue weighted by atomic mass is 10.3. The zero-order chi connectivity index (χ0) is 10.8. The molecule has 0 aromatic heterocycles. The molecule has 0 aromatic carbocycles. The number of hydrogen-bond acceptors (Lipinski definition) is 4. The molecule has 0 spiro atoms. The van der Waals surface area contributed by atoms with E-state index in [1.165, 1.54) is 0 Å². The maximum absolute atomic E-state index is 11.4. The fourth-order valence-corrected chi connectivity index (χ4v) is 2.21. The summed E-state index contributed by atoms with van der Waals surface area (Å²) in [5.74, 6) is -1.35. The molecule has 1 aliphatic heterocycles. The summed E-state index contributed by atoms with van der Waals surface area (Å²) in [4.78, 5) is 10.5. The van der Waals surface area contributed by atoms with Crippen LogP contribution in [0.2, 0.25) is 0 Å². The van der Waals surface area contributed by atoms with Crippen LogP contribution < -0.4 is 4.72 Å². The quantitative estimate of drug-likeness (QED) is 0.648. The highest BCUT2D eigenvalue weighted by atomic mass is 32.2. The van der Waals surface area contributed by atoms with Crippen LogP contribution in [0.3, 0.4) is 0 Å². The Balaban J connectivity index is 2.61. The zero-order valence-corrected chi connectivity index (χ0v) is 8.58. The molecule has 82 valence electrons. The van der Waals surface area contributed by atoms with Crippen LogP contribution in [-0.4, -0.2) is 44.0 Å². The third-order valence-corrected chi connectivity index (χ3v) is 3.87. The molecule has 6 nitrogen and oxygen atoms in total. The highest BCUT2D eigenvalue weighted by Crippen LogP contribution is 2.07. The summed E-state index contributed by atoms with van der Waals surface area (Å²) in [5, 5.41) is 7.11. The maximum atomic E-state index is 11.4. The van der Waals surface area contributed by atoms with E-state index in [4.69, 9.17) is 9.84 Å². The lowest BCUT2D eigenvalue weighted by Crippen LogP contribution is -2.43. The Morgan fingerprint density at radius 2 is 2.29 bits per heavy atom. The van der Waals surface area contributed by atoms with Crippen molar-refractivity contribution in [1.29, 1.82) is 0 Å². The van der Waals surface area contributed by atoms with E-state index in [0.29, 0.717) is 19.6 Å². The topological polar surface area (TPSA) is 92.7 Å². The van der Waals surface area contributed by atoms with Gasteiger partial charge in [0.2, 0.25) is 10.0 Å². The van der Waals surface area contributed by atoms with E-state index < -0.39 is 21.2 Å². The lowest BCUT2D eigenvalue weighted by molar-refractivity contribution is -0.136. The first-order valence-corrected chi connectivity index (χ1v) is 5.80. The second kappa shape index (κ2) is 4.24. The van der Waals surface area contributed by atoms with E-state index in [9.17, 15) is 13.2 Å². The Hall–Kier alpha value is -0.660. The summed E-state index contributed by atoms with van der Waals surface area (Å²) >= 11 is 0. The molecule has 1 aliphatic rings. The third kappa shape index (κ3) is 2.66. The first kappa shape index (κ1) is 11.4. The van der Waals surface area contributed by atoms with E-state index in [2.05, 4.69) is 4.72 Å². The Kier molecular flexibility index (Phi) is 3.46. The molecule has 2 N–H and O–H groups in total. The van der Waals surface area contributed by atoms with Gasteiger partial charge in [0.05, 0.1) is 6.61 Å². The van der Waals surface area contributed by atoms with E-state index in [1.54, 1.807) is 0 Å². The van der Waals surface area contributed by atoms with Gasteiger partial charge in [-0.2, -0.15) is 0 Å². The molecule has 1 rings (SSSR count). The van der Waals surface area contributed by atoms with Gasteiger partial charge in [-0.25, -0.2) is 13.1 Å². The van der Waals surface area contributed by atoms with Crippen molar-refractivity contribution >= 4 is 16.0 Å². The minimum Gasteiger partial charge on any atom is -0.480 e. The number of nitrogens with one attached hydrogen (secondary N) is 1. The number of ether oxygens (including phenoxy) is 1. The van der Waals surface area contributed by atoms with Crippen molar-refractivity contribution < 1.29 is 23.1 Å². The fraction of sp³-hybridized carbons (Fsp3) is 0.857. The van der Waals surface area contributed by atoms with E-state index in [1.807, 2.05) is 0 Å². The second-order valence-corrected chi connectivity index (χ2v) is 5.24. The molecular weight excluding hydrogens is 210 g/mol. The van der Waals surface area contributed by atoms with Gasteiger partial charge in [-0.15, -0.1) is 0 Å². The highest BCUT2D eigenvalue weighted by Gasteiger charge is 2.31. The summed E-state index contributed by atoms with van der Waals surface area (Å²) < 4.78 is 30.0. The first-order chi connectivity index (χ1) is 6.43. The van der Waals surface area contributed by atoms with Crippen LogP contribution in [0, 0.1) is 0 Å². The van der Waals surface area contributed by atoms with Crippen molar-refractivity contribution in [3.63, 3.8) is 0 Å². The minimum atomic E-state index is -3.77. The molecule has 1 fully saturated rings. The third-order valence-electron chi connectivity index (χ3n) is 2.07. The SMILES string of the molecule is CC(C(=O)O)S(=O)(=O)NC1CCOC1. The second-order valence-electron chi connectivity index (χ2n) is 3.20. The van der Waals surface area contributed by atoms with Crippen LogP contribution >= 0.6 is 0 Å². The van der Waals surface area contributed by atoms with Gasteiger partial charge >= 0.3 is 5.97 Å². The van der Waals surface area contributed by atoms with Gasteiger partial charge < -0.3 is 9.84 Å². The average Bonchev–Trinajstić information content (AvgIpc) is 2.54. The van der Waals surface area contributed by atoms with Crippen molar-refractivity contribution in [3.8, 4) is 0 Å². The summed E-state index contributed by atoms with van der Waals surface area (Å²) in [5.41, 5.74) is 0. The van der Waals surface area contributed by atoms with E-state index in [0.717, 1.165) is 6.92 Å². The van der Waals surface area contributed by atoms with E-state index in [-0.39, 0.29) is 6.04 Å². The minimum absolute atomic E-state index is 0.290. The van der Waals surface area contributed by atoms with Crippen LogP contribution in [0.25, 0.3) is 0 Å². The molecule has 14 heavy (non-hydrogen) atoms. The lowest BCUT2D eigenvalue weighted by Gasteiger charge is -2.13. The van der Waals surface area contributed by atoms with Crippen molar-refractivity contribution in [3.05, 3.63) is 0 Å². The number of hydrogen-bond donors (Lipinski definition) is 2. The first-order valence-electron chi connectivity index (χ1n) is 4.25. The van der Waals surface area contributed by atoms with E-state index >= 15 is 0 Å². The molecule has 1 heterocycles. The zero-order valence-electron chi connectivity index (χ0n) is 7.76. The normalized spacial score (nSPS) is 24.8. The number of carbonyl (C=O) groups is 1. The molecule has 2 unspecified atom stereocenters. The van der Waals surface area contributed by atoms with Crippen LogP contribution in [0.4, 0.5) is 0 Å². The molecule has 1 saturated heterocycles. The number of aliphatic carboxylic acids is 1. The number of carboxylic acids is 1. The number of rotatable bonds is 4. The van der Waals surface area contributed by atoms with Gasteiger partial charge in [-0.1, -0.05) is 0 Å². The van der Waals surface area contributed by atoms with Crippen molar-refractivity contribution in [2.75, 3.05) is 13.2 Å². The van der Waals surface area contributed by atoms with Gasteiger partial charge in [0.15, 0.2) is 5.25 Å². The highest BCUT2D eigenvalue weighted by molar-refractivity contribution is 7.90. The van der Waals surface area contributed by atoms with Crippen LogP contribution in [0.15, 0.2) is 0 Å². The molecule has 0 radical (unpaired) electrons. The standard InChI is InChI=1S/C7H13NO5S/c1-5(7(9)10)14(11,12)8-6-2-3-13-4-6/h5-6,8H,2-4H2,1H3,(H,9,10). The smallest absolute Gasteiger partial charge is 0.323 e. The molecule has 0 saturated carbocycles. The van der Waals surface area contributed by atoms with Gasteiger partial charge in [0, 0.05) is 12.6 Å². The summed E-state index contributed by atoms with van der Waals surface area (Å²) in [6.45, 7) is 1.96. The van der Waals surface area contributed by atoms with Crippen LogP contribution in [-0.2, 0) is 19.6 Å². The van der Waals surface area contributed by atoms with Gasteiger partial charge in [-0.05, 0) is 13.3 Å². The molecule has 2 atom stereocenters. The Morgan fingerprint density at radius 3 is 2.71 bits per heavy atom. The van der Waals surface area contributed by atoms with Crippen LogP contribution in [0.1, 0.15) is 13.3 Å². The number of sulfonamides is 1. The summed E-state index contributed by atoms with van der Waals surface area (Å²) in [6.07, 6.45) is 0.589. The Morgan fingerprint density at radius 1 is 1.64 bits per heavy atom. The van der Waals surface area contributed by atoms with Crippen molar-refractivity contribution in [2.24, 2.45) is 0 Å². The monoisotopic (exact) mass is 223 g/mol. The predicted molar refractivity (Wildman–Crippen MR) is 48.4 cm³/mol. The van der Waals surface area contributed by atoms with Crippen molar-refractivity contribution in [1.82, 2.24) is 4.72 Å². The molecule has 0 aromatic rings. The largest absolute Gasteiger partial charge is 0.480 e. The molecule has 0 bridgehead atoms. The fourth-order valence-electron chi connectivity index (χ4n) is 1.09. The van der Waals surface area contributed by atoms with Gasteiger partial charge in [0.1, 0.15) is 0 Å². The Labute approximate surface area is 82.3 Å². The molecule has 7 heteroatoms. The summed E-state index contributed by atoms with van der Waals surface area (Å²) in [7, 11) is -3.77. The van der Waals surface area contributed by atoms with Gasteiger partial charge in [0.25, 0.3) is 0 Å². The van der Waals surface area contributed by atoms with Crippen LogP contribution in [0.5, 0.6) is 0 Å². The molecular formula is C7H13NO5S. The average molecular weight is 223 g/mol. The van der Waals surface area contributed by atoms with Crippen molar-refractivity contribution in [2.45, 2.75) is 24.6 Å². The summed E-state index contributed by atoms with van der Waals surface area (Å²) in [6, 6.07) is -0.290. The Bertz CT molecular complexity index is 306.